The molecule has 36 heavy (non-hydrogen) atoms. The third-order valence-corrected chi connectivity index (χ3v) is 7.22. The van der Waals surface area contributed by atoms with E-state index in [0.717, 1.165) is 48.2 Å². The van der Waals surface area contributed by atoms with Crippen molar-refractivity contribution in [1.82, 2.24) is 29.4 Å². The van der Waals surface area contributed by atoms with E-state index in [1.165, 1.54) is 6.33 Å². The van der Waals surface area contributed by atoms with Crippen LogP contribution in [0.25, 0.3) is 16.9 Å². The fraction of sp³-hybridized carbons (Fsp3) is 0.308. The number of hydrogen-bond donors (Lipinski definition) is 0. The summed E-state index contributed by atoms with van der Waals surface area (Å²) in [4.78, 5) is 20.0. The largest absolute Gasteiger partial charge is 0.327 e. The Morgan fingerprint density at radius 2 is 1.86 bits per heavy atom. The van der Waals surface area contributed by atoms with Gasteiger partial charge in [-0.15, -0.1) is 0 Å². The Labute approximate surface area is 205 Å². The van der Waals surface area contributed by atoms with Gasteiger partial charge in [0.1, 0.15) is 12.7 Å². The van der Waals surface area contributed by atoms with E-state index in [9.17, 15) is 18.0 Å². The van der Waals surface area contributed by atoms with Crippen LogP contribution in [0, 0.1) is 24.4 Å². The molecule has 0 saturated carbocycles. The maximum atomic E-state index is 14.1. The number of fused-ring (bicyclic) bond motifs is 4. The molecule has 7 nitrogen and oxygen atoms in total. The first kappa shape index (κ1) is 22.5. The van der Waals surface area contributed by atoms with Crippen LogP contribution >= 0.6 is 0 Å². The number of benzene rings is 2. The Balaban J connectivity index is 1.45. The number of nitrogens with zero attached hydrogens (tertiary/aromatic N) is 6. The third kappa shape index (κ3) is 3.42. The highest BCUT2D eigenvalue weighted by Gasteiger charge is 2.44. The van der Waals surface area contributed by atoms with E-state index in [2.05, 4.69) is 10.1 Å². The Kier molecular flexibility index (Phi) is 5.20. The molecule has 1 amide bonds. The summed E-state index contributed by atoms with van der Waals surface area (Å²) in [5.41, 5.74) is 4.47. The van der Waals surface area contributed by atoms with Crippen LogP contribution in [0.15, 0.2) is 43.0 Å². The number of halogens is 3. The van der Waals surface area contributed by atoms with Gasteiger partial charge in [0.05, 0.1) is 28.7 Å². The molecular weight excluding hydrogens is 469 g/mol. The lowest BCUT2D eigenvalue weighted by atomic mass is 9.81. The molecule has 2 aromatic carbocycles. The zero-order chi connectivity index (χ0) is 25.1. The van der Waals surface area contributed by atoms with E-state index in [0.29, 0.717) is 23.4 Å². The average Bonchev–Trinajstić information content (AvgIpc) is 3.49. The third-order valence-electron chi connectivity index (χ3n) is 7.22. The molecule has 2 bridgehead atoms. The normalized spacial score (nSPS) is 18.9. The minimum atomic E-state index is -1.50. The second-order valence-corrected chi connectivity index (χ2v) is 9.47. The van der Waals surface area contributed by atoms with E-state index < -0.39 is 17.5 Å². The van der Waals surface area contributed by atoms with Crippen LogP contribution in [0.4, 0.5) is 13.2 Å². The van der Waals surface area contributed by atoms with Gasteiger partial charge in [-0.2, -0.15) is 10.2 Å². The molecule has 2 unspecified atom stereocenters. The van der Waals surface area contributed by atoms with Gasteiger partial charge in [0.15, 0.2) is 17.5 Å². The fourth-order valence-electron chi connectivity index (χ4n) is 5.69. The number of hydrogen-bond acceptors (Lipinski definition) is 4. The first-order valence-electron chi connectivity index (χ1n) is 11.8. The summed E-state index contributed by atoms with van der Waals surface area (Å²) in [5, 5.41) is 8.92. The maximum absolute atomic E-state index is 14.1. The summed E-state index contributed by atoms with van der Waals surface area (Å²) in [6.07, 6.45) is 5.93. The molecule has 2 aliphatic rings. The quantitative estimate of drug-likeness (QED) is 0.390. The standard InChI is InChI=1S/C26H23F3N6O/c1-14-6-7-21(34-13-30-12-31-34)17(8-14)26(36)35-16-4-3-5-22(35)24-18(11-16)25(33(2)32-24)15-9-19(27)23(29)20(28)10-15/h6-10,12-13,16,22H,3-5,11H2,1-2H3. The van der Waals surface area contributed by atoms with Gasteiger partial charge in [0.25, 0.3) is 5.91 Å². The number of carbonyl (C=O) groups excluding carboxylic acids is 1. The van der Waals surface area contributed by atoms with Crippen molar-refractivity contribution in [3.63, 3.8) is 0 Å². The molecule has 1 saturated heterocycles. The van der Waals surface area contributed by atoms with Crippen molar-refractivity contribution in [3.05, 3.63) is 82.8 Å². The van der Waals surface area contributed by atoms with Crippen molar-refractivity contribution in [1.29, 1.82) is 0 Å². The number of carbonyl (C=O) groups is 1. The molecule has 0 N–H and O–H groups in total. The molecule has 1 fully saturated rings. The molecule has 2 atom stereocenters. The highest BCUT2D eigenvalue weighted by atomic mass is 19.2. The Morgan fingerprint density at radius 1 is 1.08 bits per heavy atom. The minimum absolute atomic E-state index is 0.106. The Hall–Kier alpha value is -3.95. The van der Waals surface area contributed by atoms with Crippen LogP contribution in [0.2, 0.25) is 0 Å². The SMILES string of the molecule is Cc1ccc(-n2cncn2)c(C(=O)N2C3CCCC2c2nn(C)c(-c4cc(F)c(F)c(F)c4)c2C3)c1. The van der Waals surface area contributed by atoms with Gasteiger partial charge >= 0.3 is 0 Å². The number of amides is 1. The summed E-state index contributed by atoms with van der Waals surface area (Å²) >= 11 is 0. The summed E-state index contributed by atoms with van der Waals surface area (Å²) < 4.78 is 44.9. The molecule has 184 valence electrons. The molecule has 4 aromatic rings. The summed E-state index contributed by atoms with van der Waals surface area (Å²) in [5.74, 6) is -4.10. The molecule has 10 heteroatoms. The van der Waals surface area contributed by atoms with E-state index in [1.807, 2.05) is 30.0 Å². The predicted molar refractivity (Wildman–Crippen MR) is 125 cm³/mol. The molecule has 2 aliphatic heterocycles. The van der Waals surface area contributed by atoms with Crippen molar-refractivity contribution in [2.24, 2.45) is 7.05 Å². The monoisotopic (exact) mass is 492 g/mol. The lowest BCUT2D eigenvalue weighted by Crippen LogP contribution is -2.50. The highest BCUT2D eigenvalue weighted by Crippen LogP contribution is 2.45. The summed E-state index contributed by atoms with van der Waals surface area (Å²) in [6.45, 7) is 1.93. The summed E-state index contributed by atoms with van der Waals surface area (Å²) in [6, 6.07) is 7.26. The molecule has 4 heterocycles. The van der Waals surface area contributed by atoms with Crippen molar-refractivity contribution >= 4 is 5.91 Å². The van der Waals surface area contributed by atoms with Gasteiger partial charge in [0, 0.05) is 24.2 Å². The fourth-order valence-corrected chi connectivity index (χ4v) is 5.69. The van der Waals surface area contributed by atoms with Crippen LogP contribution < -0.4 is 0 Å². The van der Waals surface area contributed by atoms with Gasteiger partial charge in [-0.3, -0.25) is 9.48 Å². The Bertz CT molecular complexity index is 1470. The molecular formula is C26H23F3N6O. The van der Waals surface area contributed by atoms with Gasteiger partial charge in [-0.25, -0.2) is 22.8 Å². The van der Waals surface area contributed by atoms with Crippen LogP contribution in [-0.4, -0.2) is 41.4 Å². The van der Waals surface area contributed by atoms with Gasteiger partial charge in [-0.1, -0.05) is 11.6 Å². The highest BCUT2D eigenvalue weighted by molar-refractivity contribution is 5.98. The summed E-state index contributed by atoms with van der Waals surface area (Å²) in [7, 11) is 1.70. The van der Waals surface area contributed by atoms with Crippen LogP contribution in [-0.2, 0) is 13.5 Å². The Morgan fingerprint density at radius 3 is 2.58 bits per heavy atom. The number of rotatable bonds is 3. The van der Waals surface area contributed by atoms with Crippen molar-refractivity contribution < 1.29 is 18.0 Å². The van der Waals surface area contributed by atoms with Crippen LogP contribution in [0.3, 0.4) is 0 Å². The minimum Gasteiger partial charge on any atom is -0.327 e. The molecule has 0 spiro atoms. The first-order chi connectivity index (χ1) is 17.3. The van der Waals surface area contributed by atoms with E-state index in [-0.39, 0.29) is 23.6 Å². The predicted octanol–water partition coefficient (Wildman–Crippen LogP) is 4.69. The van der Waals surface area contributed by atoms with Gasteiger partial charge in [0.2, 0.25) is 0 Å². The van der Waals surface area contributed by atoms with Crippen molar-refractivity contribution in [2.45, 2.75) is 44.7 Å². The van der Waals surface area contributed by atoms with Crippen LogP contribution in [0.5, 0.6) is 0 Å². The lowest BCUT2D eigenvalue weighted by molar-refractivity contribution is 0.0391. The molecule has 0 aliphatic carbocycles. The number of aryl methyl sites for hydroxylation is 2. The lowest BCUT2D eigenvalue weighted by Gasteiger charge is -2.45. The maximum Gasteiger partial charge on any atom is 0.256 e. The smallest absolute Gasteiger partial charge is 0.256 e. The molecule has 6 rings (SSSR count). The topological polar surface area (TPSA) is 68.8 Å². The van der Waals surface area contributed by atoms with Gasteiger partial charge in [-0.05, 0) is 56.9 Å². The zero-order valence-corrected chi connectivity index (χ0v) is 19.8. The zero-order valence-electron chi connectivity index (χ0n) is 19.8. The van der Waals surface area contributed by atoms with Gasteiger partial charge < -0.3 is 4.90 Å². The average molecular weight is 493 g/mol. The van der Waals surface area contributed by atoms with Crippen molar-refractivity contribution in [3.8, 4) is 16.9 Å². The second kappa shape index (κ2) is 8.32. The number of piperidine rings is 1. The molecule has 0 radical (unpaired) electrons. The van der Waals surface area contributed by atoms with Crippen LogP contribution in [0.1, 0.15) is 52.5 Å². The molecule has 2 aromatic heterocycles. The number of aromatic nitrogens is 5. The van der Waals surface area contributed by atoms with Crippen molar-refractivity contribution in [2.75, 3.05) is 0 Å². The van der Waals surface area contributed by atoms with E-state index >= 15 is 0 Å². The van der Waals surface area contributed by atoms with E-state index in [1.54, 1.807) is 22.7 Å². The first-order valence-corrected chi connectivity index (χ1v) is 11.8. The van der Waals surface area contributed by atoms with E-state index in [4.69, 9.17) is 5.10 Å². The second-order valence-electron chi connectivity index (χ2n) is 9.47.